The lowest BCUT2D eigenvalue weighted by Crippen LogP contribution is -2.50. The van der Waals surface area contributed by atoms with Crippen LogP contribution < -0.4 is 5.32 Å². The van der Waals surface area contributed by atoms with Gasteiger partial charge in [0.15, 0.2) is 17.1 Å². The second-order valence-corrected chi connectivity index (χ2v) is 26.3. The van der Waals surface area contributed by atoms with Gasteiger partial charge in [0.1, 0.15) is 0 Å². The summed E-state index contributed by atoms with van der Waals surface area (Å²) in [5.41, 5.74) is 1.34. The van der Waals surface area contributed by atoms with E-state index in [9.17, 15) is 0 Å². The third-order valence-corrected chi connectivity index (χ3v) is 19.8. The minimum absolute atomic E-state index is 0.374. The SMILES string of the molecule is C1CCC2=NCCCN2CC1.C1CCN2CCCCC2=NC1.C1CCN2CCCN=C2C1.C1CCN2CCN=C2C1.C1CN=C2CCCN2C1.C1CN=C2NCCCN2C1.CN1CCCN2CCCN=C12.c1ccc(C2CN3CCSC3=N2)cc1. The molecule has 0 bridgehead atoms. The highest BCUT2D eigenvalue weighted by Crippen LogP contribution is 2.32. The Kier molecular flexibility index (Phi) is 26.0. The zero-order valence-electron chi connectivity index (χ0n) is 52.8. The molecule has 85 heavy (non-hydrogen) atoms. The van der Waals surface area contributed by atoms with E-state index < -0.39 is 0 Å². The first kappa shape index (κ1) is 63.0. The first-order chi connectivity index (χ1) is 42.1. The van der Waals surface area contributed by atoms with Gasteiger partial charge in [-0.1, -0.05) is 48.5 Å². The van der Waals surface area contributed by atoms with Gasteiger partial charge >= 0.3 is 0 Å². The van der Waals surface area contributed by atoms with E-state index in [1.807, 2.05) is 11.8 Å². The highest BCUT2D eigenvalue weighted by Gasteiger charge is 2.30. The maximum Gasteiger partial charge on any atom is 0.196 e. The van der Waals surface area contributed by atoms with Crippen LogP contribution in [0.25, 0.3) is 0 Å². The summed E-state index contributed by atoms with van der Waals surface area (Å²) in [5.74, 6) is 10.5. The lowest BCUT2D eigenvalue weighted by Gasteiger charge is -2.39. The molecule has 0 radical (unpaired) electrons. The molecule has 1 aromatic carbocycles. The quantitative estimate of drug-likeness (QED) is 0.288. The van der Waals surface area contributed by atoms with E-state index in [4.69, 9.17) is 4.99 Å². The van der Waals surface area contributed by atoms with E-state index >= 15 is 0 Å². The van der Waals surface area contributed by atoms with E-state index in [-0.39, 0.29) is 0 Å². The van der Waals surface area contributed by atoms with Crippen molar-refractivity contribution in [1.82, 2.24) is 49.4 Å². The maximum atomic E-state index is 4.73. The predicted molar refractivity (Wildman–Crippen MR) is 359 cm³/mol. The number of nitrogens with zero attached hydrogens (tertiary/aromatic N) is 17. The average molecular weight is 1190 g/mol. The van der Waals surface area contributed by atoms with Crippen LogP contribution in [-0.2, 0) is 0 Å². The Labute approximate surface area is 517 Å². The standard InChI is InChI=1S/C11H12N2S.2C9H16N2.C8H15N3.C8H14N2.C7H13N3.2C7H12N2/c1-2-4-9(5-3-1)10-8-13-6-7-14-11(13)12-10;1-3-7-11-8-4-2-6-10-9(11)5-1;1-2-5-9-10-6-4-8-11(9)7-3-1;1-10-5-3-7-11-6-2-4-9-8(10)11;1-2-6-10-7-3-5-9-8(10)4-1;1-3-8-7-9-4-2-6-10(7)5-1;1-3-7-8-4-2-6-9(7)5-1;1-2-5-9-6-4-8-7(9)3-1/h1-5,10H,6-8H2;2*1-8H2;2-7H2,1H3;1-7H2;1-6H2,(H,8,9);2*1-6H2. The topological polar surface area (TPSA) is 140 Å². The summed E-state index contributed by atoms with van der Waals surface area (Å²) >= 11 is 1.89. The first-order valence-corrected chi connectivity index (χ1v) is 35.6. The van der Waals surface area contributed by atoms with Crippen LogP contribution in [0, 0.1) is 0 Å². The van der Waals surface area contributed by atoms with Crippen molar-refractivity contribution >= 4 is 58.0 Å². The number of guanidine groups is 2. The molecule has 1 atom stereocenters. The molecule has 0 amide bonds. The van der Waals surface area contributed by atoms with Gasteiger partial charge in [0.25, 0.3) is 0 Å². The van der Waals surface area contributed by atoms with Crippen molar-refractivity contribution in [2.24, 2.45) is 39.9 Å². The summed E-state index contributed by atoms with van der Waals surface area (Å²) in [6, 6.07) is 10.9. The van der Waals surface area contributed by atoms with Crippen molar-refractivity contribution < 1.29 is 0 Å². The molecule has 8 saturated heterocycles. The number of hydrogen-bond donors (Lipinski definition) is 1. The fourth-order valence-corrected chi connectivity index (χ4v) is 15.1. The Bertz CT molecular complexity index is 2380. The zero-order chi connectivity index (χ0) is 57.9. The Morgan fingerprint density at radius 2 is 0.812 bits per heavy atom. The third-order valence-electron chi connectivity index (χ3n) is 18.8. The Morgan fingerprint density at radius 3 is 1.40 bits per heavy atom. The van der Waals surface area contributed by atoms with Crippen LogP contribution in [-0.4, -0.2) is 267 Å². The minimum Gasteiger partial charge on any atom is -0.360 e. The number of amidine groups is 6. The number of piperidine rings is 3. The highest BCUT2D eigenvalue weighted by atomic mass is 32.2. The molecule has 16 aliphatic rings. The van der Waals surface area contributed by atoms with Gasteiger partial charge in [0.2, 0.25) is 0 Å². The lowest BCUT2D eigenvalue weighted by atomic mass is 10.1. The second-order valence-electron chi connectivity index (χ2n) is 25.2. The molecule has 16 heterocycles. The smallest absolute Gasteiger partial charge is 0.196 e. The molecule has 17 rings (SSSR count). The molecule has 19 heteroatoms. The van der Waals surface area contributed by atoms with Gasteiger partial charge in [-0.05, 0) is 121 Å². The van der Waals surface area contributed by atoms with Crippen LogP contribution in [0.1, 0.15) is 166 Å². The largest absolute Gasteiger partial charge is 0.360 e. The summed E-state index contributed by atoms with van der Waals surface area (Å²) in [6.45, 7) is 29.3. The van der Waals surface area contributed by atoms with E-state index in [0.29, 0.717) is 6.04 Å². The van der Waals surface area contributed by atoms with Crippen molar-refractivity contribution in [3.05, 3.63) is 35.9 Å². The summed E-state index contributed by atoms with van der Waals surface area (Å²) in [6.07, 6.45) is 31.3. The van der Waals surface area contributed by atoms with Gasteiger partial charge in [0.05, 0.1) is 41.8 Å². The van der Waals surface area contributed by atoms with Gasteiger partial charge in [-0.2, -0.15) is 0 Å². The first-order valence-electron chi connectivity index (χ1n) is 34.6. The van der Waals surface area contributed by atoms with Crippen LogP contribution in [0.15, 0.2) is 70.3 Å². The van der Waals surface area contributed by atoms with E-state index in [0.717, 1.165) is 64.9 Å². The van der Waals surface area contributed by atoms with Crippen molar-refractivity contribution in [2.45, 2.75) is 160 Å². The lowest BCUT2D eigenvalue weighted by molar-refractivity contribution is 0.269. The Balaban J connectivity index is 0.000000108. The van der Waals surface area contributed by atoms with Crippen molar-refractivity contribution in [2.75, 3.05) is 176 Å². The van der Waals surface area contributed by atoms with Crippen molar-refractivity contribution in [3.8, 4) is 0 Å². The Morgan fingerprint density at radius 1 is 0.365 bits per heavy atom. The average Bonchev–Trinajstić information content (AvgIpc) is 4.47. The van der Waals surface area contributed by atoms with Gasteiger partial charge in [-0.3, -0.25) is 39.9 Å². The number of thioether (sulfide) groups is 1. The number of hydrogen-bond acceptors (Lipinski definition) is 19. The molecule has 1 aromatic rings. The molecule has 0 aromatic heterocycles. The maximum absolute atomic E-state index is 4.73. The van der Waals surface area contributed by atoms with Gasteiger partial charge in [0, 0.05) is 202 Å². The van der Waals surface area contributed by atoms with Crippen LogP contribution >= 0.6 is 11.8 Å². The summed E-state index contributed by atoms with van der Waals surface area (Å²) in [7, 11) is 2.14. The minimum atomic E-state index is 0.374. The molecule has 470 valence electrons. The third kappa shape index (κ3) is 19.7. The molecular weight excluding hydrogens is 1080 g/mol. The molecule has 1 N–H and O–H groups in total. The number of aliphatic imine (C=N–C) groups is 8. The summed E-state index contributed by atoms with van der Waals surface area (Å²) in [4.78, 5) is 57.7. The number of benzene rings is 1. The van der Waals surface area contributed by atoms with E-state index in [2.05, 4.69) is 122 Å². The molecule has 18 nitrogen and oxygen atoms in total. The van der Waals surface area contributed by atoms with Gasteiger partial charge in [-0.25, -0.2) is 0 Å². The fraction of sp³-hybridized carbons (Fsp3) is 0.788. The van der Waals surface area contributed by atoms with Crippen LogP contribution in [0.4, 0.5) is 0 Å². The number of nitrogens with one attached hydrogen (secondary N) is 1. The summed E-state index contributed by atoms with van der Waals surface area (Å²) in [5, 5.41) is 4.55. The highest BCUT2D eigenvalue weighted by molar-refractivity contribution is 8.14. The van der Waals surface area contributed by atoms with Crippen LogP contribution in [0.3, 0.4) is 0 Å². The molecule has 16 aliphatic heterocycles. The molecule has 1 unspecified atom stereocenters. The van der Waals surface area contributed by atoms with Gasteiger partial charge in [-0.15, -0.1) is 0 Å². The monoisotopic (exact) mass is 1190 g/mol. The van der Waals surface area contributed by atoms with Crippen molar-refractivity contribution in [3.63, 3.8) is 0 Å². The van der Waals surface area contributed by atoms with Crippen LogP contribution in [0.2, 0.25) is 0 Å². The molecule has 0 aliphatic carbocycles. The fourth-order valence-electron chi connectivity index (χ4n) is 14.1. The molecule has 0 saturated carbocycles. The molecule has 0 spiro atoms. The zero-order valence-corrected chi connectivity index (χ0v) is 53.6. The second kappa shape index (κ2) is 35.1. The molecular formula is C66H110N18S. The van der Waals surface area contributed by atoms with E-state index in [1.54, 1.807) is 0 Å². The van der Waals surface area contributed by atoms with Gasteiger partial charge < -0.3 is 49.4 Å². The predicted octanol–water partition coefficient (Wildman–Crippen LogP) is 8.94. The molecule has 8 fully saturated rings. The summed E-state index contributed by atoms with van der Waals surface area (Å²) < 4.78 is 0. The van der Waals surface area contributed by atoms with Crippen molar-refractivity contribution in [1.29, 1.82) is 0 Å². The Hall–Kier alpha value is -5.07. The number of fused-ring (bicyclic) bond motifs is 8. The normalized spacial score (nSPS) is 25.3. The van der Waals surface area contributed by atoms with E-state index in [1.165, 1.54) is 310 Å². The van der Waals surface area contributed by atoms with Crippen LogP contribution in [0.5, 0.6) is 0 Å². The number of rotatable bonds is 1.